The third kappa shape index (κ3) is 1.09. The van der Waals surface area contributed by atoms with Crippen LogP contribution < -0.4 is 0 Å². The summed E-state index contributed by atoms with van der Waals surface area (Å²) in [6, 6.07) is 0. The number of rotatable bonds is 2. The van der Waals surface area contributed by atoms with Gasteiger partial charge in [-0.3, -0.25) is 10.1 Å². The standard InChI is InChI=1S/C4H4N4O4/c1-2-3(7(9)10)4(6-5-2)8(11)12/h1H3,(H,5,6). The molecule has 0 atom stereocenters. The normalized spacial score (nSPS) is 9.75. The maximum Gasteiger partial charge on any atom is 0.421 e. The maximum atomic E-state index is 10.2. The molecule has 12 heavy (non-hydrogen) atoms. The Bertz CT molecular complexity index is 343. The van der Waals surface area contributed by atoms with Crippen molar-refractivity contribution in [1.29, 1.82) is 0 Å². The third-order valence-corrected chi connectivity index (χ3v) is 1.26. The highest BCUT2D eigenvalue weighted by atomic mass is 16.6. The van der Waals surface area contributed by atoms with Crippen LogP contribution in [-0.4, -0.2) is 20.0 Å². The van der Waals surface area contributed by atoms with Crippen molar-refractivity contribution in [2.45, 2.75) is 6.92 Å². The highest BCUT2D eigenvalue weighted by molar-refractivity contribution is 5.49. The van der Waals surface area contributed by atoms with Gasteiger partial charge in [-0.05, 0) is 11.8 Å². The smallest absolute Gasteiger partial charge is 0.358 e. The molecule has 8 nitrogen and oxygen atoms in total. The molecule has 0 amide bonds. The number of aromatic nitrogens is 2. The van der Waals surface area contributed by atoms with Crippen molar-refractivity contribution in [2.24, 2.45) is 0 Å². The van der Waals surface area contributed by atoms with Gasteiger partial charge in [-0.2, -0.15) is 0 Å². The van der Waals surface area contributed by atoms with E-state index in [9.17, 15) is 20.2 Å². The number of hydrogen-bond donors (Lipinski definition) is 1. The lowest BCUT2D eigenvalue weighted by molar-refractivity contribution is -0.424. The maximum absolute atomic E-state index is 10.2. The van der Waals surface area contributed by atoms with E-state index in [1.165, 1.54) is 6.92 Å². The fraction of sp³-hybridized carbons (Fsp3) is 0.250. The number of aryl methyl sites for hydroxylation is 1. The van der Waals surface area contributed by atoms with Crippen LogP contribution in [0.3, 0.4) is 0 Å². The lowest BCUT2D eigenvalue weighted by Gasteiger charge is -1.88. The first-order chi connectivity index (χ1) is 5.54. The van der Waals surface area contributed by atoms with Gasteiger partial charge < -0.3 is 10.1 Å². The monoisotopic (exact) mass is 172 g/mol. The van der Waals surface area contributed by atoms with Crippen LogP contribution in [0.15, 0.2) is 0 Å². The molecule has 1 N–H and O–H groups in total. The van der Waals surface area contributed by atoms with Gasteiger partial charge in [0.1, 0.15) is 0 Å². The molecule has 1 heterocycles. The first kappa shape index (κ1) is 8.11. The quantitative estimate of drug-likeness (QED) is 0.516. The topological polar surface area (TPSA) is 115 Å². The largest absolute Gasteiger partial charge is 0.421 e. The Morgan fingerprint density at radius 1 is 1.33 bits per heavy atom. The summed E-state index contributed by atoms with van der Waals surface area (Å²) in [5.41, 5.74) is -0.577. The summed E-state index contributed by atoms with van der Waals surface area (Å²) < 4.78 is 0. The number of nitro groups is 2. The van der Waals surface area contributed by atoms with E-state index in [0.717, 1.165) is 0 Å². The zero-order chi connectivity index (χ0) is 9.30. The van der Waals surface area contributed by atoms with Gasteiger partial charge in [0.05, 0.1) is 4.92 Å². The van der Waals surface area contributed by atoms with Crippen LogP contribution in [0.1, 0.15) is 5.69 Å². The van der Waals surface area contributed by atoms with Crippen molar-refractivity contribution >= 4 is 11.5 Å². The van der Waals surface area contributed by atoms with Crippen molar-refractivity contribution in [3.8, 4) is 0 Å². The fourth-order valence-electron chi connectivity index (χ4n) is 0.760. The molecule has 8 heteroatoms. The van der Waals surface area contributed by atoms with Crippen molar-refractivity contribution in [3.63, 3.8) is 0 Å². The number of nitrogens with one attached hydrogen (secondary N) is 1. The Morgan fingerprint density at radius 2 is 1.92 bits per heavy atom. The molecule has 1 rings (SSSR count). The van der Waals surface area contributed by atoms with Crippen molar-refractivity contribution in [2.75, 3.05) is 0 Å². The predicted molar refractivity (Wildman–Crippen MR) is 36.6 cm³/mol. The van der Waals surface area contributed by atoms with Crippen LogP contribution in [0.4, 0.5) is 11.5 Å². The van der Waals surface area contributed by atoms with Crippen LogP contribution in [0.25, 0.3) is 0 Å². The van der Waals surface area contributed by atoms with Crippen LogP contribution in [-0.2, 0) is 0 Å². The third-order valence-electron chi connectivity index (χ3n) is 1.26. The Labute approximate surface area is 65.5 Å². The van der Waals surface area contributed by atoms with Crippen LogP contribution in [0.2, 0.25) is 0 Å². The molecule has 0 aliphatic carbocycles. The van der Waals surface area contributed by atoms with E-state index >= 15 is 0 Å². The van der Waals surface area contributed by atoms with E-state index in [-0.39, 0.29) is 5.69 Å². The molecule has 0 saturated heterocycles. The van der Waals surface area contributed by atoms with Gasteiger partial charge in [0.25, 0.3) is 0 Å². The Hall–Kier alpha value is -1.99. The van der Waals surface area contributed by atoms with Gasteiger partial charge in [0, 0.05) is 0 Å². The summed E-state index contributed by atoms with van der Waals surface area (Å²) in [7, 11) is 0. The zero-order valence-electron chi connectivity index (χ0n) is 5.97. The molecule has 0 aromatic carbocycles. The van der Waals surface area contributed by atoms with E-state index in [2.05, 4.69) is 5.10 Å². The lowest BCUT2D eigenvalue weighted by Crippen LogP contribution is -1.95. The van der Waals surface area contributed by atoms with Crippen molar-refractivity contribution in [1.82, 2.24) is 10.2 Å². The van der Waals surface area contributed by atoms with Crippen molar-refractivity contribution < 1.29 is 9.85 Å². The minimum absolute atomic E-state index is 0.00620. The van der Waals surface area contributed by atoms with Crippen LogP contribution >= 0.6 is 0 Å². The van der Waals surface area contributed by atoms with Gasteiger partial charge >= 0.3 is 11.5 Å². The molecule has 0 fully saturated rings. The molecule has 0 bridgehead atoms. The molecule has 0 unspecified atom stereocenters. The second kappa shape index (κ2) is 2.57. The highest BCUT2D eigenvalue weighted by Crippen LogP contribution is 2.26. The molecule has 1 aromatic rings. The summed E-state index contributed by atoms with van der Waals surface area (Å²) in [5, 5.41) is 25.7. The van der Waals surface area contributed by atoms with Gasteiger partial charge in [-0.15, -0.1) is 5.10 Å². The van der Waals surface area contributed by atoms with E-state index < -0.39 is 21.4 Å². The molecule has 64 valence electrons. The lowest BCUT2D eigenvalue weighted by atomic mass is 10.4. The Balaban J connectivity index is 3.31. The van der Waals surface area contributed by atoms with E-state index in [1.807, 2.05) is 5.10 Å². The molecule has 0 radical (unpaired) electrons. The minimum atomic E-state index is -0.877. The van der Waals surface area contributed by atoms with Gasteiger partial charge in [0.2, 0.25) is 0 Å². The average Bonchev–Trinajstić information content (AvgIpc) is 2.30. The van der Waals surface area contributed by atoms with Gasteiger partial charge in [-0.1, -0.05) is 5.10 Å². The summed E-state index contributed by atoms with van der Waals surface area (Å²) in [6.45, 7) is 1.32. The molecular weight excluding hydrogens is 168 g/mol. The molecule has 0 spiro atoms. The van der Waals surface area contributed by atoms with Gasteiger partial charge in [0.15, 0.2) is 5.69 Å². The first-order valence-corrected chi connectivity index (χ1v) is 2.87. The Morgan fingerprint density at radius 3 is 2.25 bits per heavy atom. The number of hydrogen-bond acceptors (Lipinski definition) is 5. The average molecular weight is 172 g/mol. The van der Waals surface area contributed by atoms with Crippen LogP contribution in [0.5, 0.6) is 0 Å². The number of nitrogens with zero attached hydrogens (tertiary/aromatic N) is 3. The molecule has 0 aliphatic rings. The number of aromatic amines is 1. The first-order valence-electron chi connectivity index (χ1n) is 2.87. The van der Waals surface area contributed by atoms with E-state index in [1.54, 1.807) is 0 Å². The SMILES string of the molecule is Cc1n[nH]c([N+](=O)[O-])c1[N+](=O)[O-]. The summed E-state index contributed by atoms with van der Waals surface area (Å²) in [4.78, 5) is 18.7. The van der Waals surface area contributed by atoms with E-state index in [4.69, 9.17) is 0 Å². The minimum Gasteiger partial charge on any atom is -0.358 e. The Kier molecular flexibility index (Phi) is 1.73. The summed E-state index contributed by atoms with van der Waals surface area (Å²) in [5.74, 6) is -0.683. The fourth-order valence-corrected chi connectivity index (χ4v) is 0.760. The second-order valence-electron chi connectivity index (χ2n) is 2.02. The second-order valence-corrected chi connectivity index (χ2v) is 2.02. The molecular formula is C4H4N4O4. The summed E-state index contributed by atoms with van der Waals surface area (Å²) >= 11 is 0. The zero-order valence-corrected chi connectivity index (χ0v) is 5.97. The van der Waals surface area contributed by atoms with E-state index in [0.29, 0.717) is 0 Å². The summed E-state index contributed by atoms with van der Waals surface area (Å²) in [6.07, 6.45) is 0. The van der Waals surface area contributed by atoms with Crippen molar-refractivity contribution in [3.05, 3.63) is 25.9 Å². The highest BCUT2D eigenvalue weighted by Gasteiger charge is 2.29. The molecule has 0 saturated carbocycles. The molecule has 1 aromatic heterocycles. The predicted octanol–water partition coefficient (Wildman–Crippen LogP) is 0.535. The number of H-pyrrole nitrogens is 1. The molecule has 0 aliphatic heterocycles. The van der Waals surface area contributed by atoms with Crippen LogP contribution in [0, 0.1) is 27.2 Å². The van der Waals surface area contributed by atoms with Gasteiger partial charge in [-0.25, -0.2) is 0 Å².